The van der Waals surface area contributed by atoms with E-state index in [1.807, 2.05) is 42.8 Å². The quantitative estimate of drug-likeness (QED) is 0.843. The maximum Gasteiger partial charge on any atom is 0.260 e. The zero-order valence-electron chi connectivity index (χ0n) is 17.4. The Hall–Kier alpha value is -2.08. The van der Waals surface area contributed by atoms with E-state index in [4.69, 9.17) is 4.74 Å². The van der Waals surface area contributed by atoms with Crippen molar-refractivity contribution in [2.45, 2.75) is 52.0 Å². The molecule has 0 unspecified atom stereocenters. The van der Waals surface area contributed by atoms with E-state index in [-0.39, 0.29) is 18.4 Å². The summed E-state index contributed by atoms with van der Waals surface area (Å²) in [6.45, 7) is 7.17. The number of hydrogen-bond donors (Lipinski definition) is 1. The van der Waals surface area contributed by atoms with Crippen LogP contribution in [0.1, 0.15) is 53.6 Å². The van der Waals surface area contributed by atoms with Gasteiger partial charge in [-0.1, -0.05) is 0 Å². The fourth-order valence-corrected chi connectivity index (χ4v) is 4.22. The second kappa shape index (κ2) is 9.41. The Morgan fingerprint density at radius 3 is 2.18 bits per heavy atom. The molecule has 2 aliphatic heterocycles. The lowest BCUT2D eigenvalue weighted by molar-refractivity contribution is -0.134. The Labute approximate surface area is 168 Å². The van der Waals surface area contributed by atoms with Crippen molar-refractivity contribution >= 4 is 11.8 Å². The number of carbonyl (C=O) groups is 2. The summed E-state index contributed by atoms with van der Waals surface area (Å²) >= 11 is 0. The maximum absolute atomic E-state index is 12.9. The van der Waals surface area contributed by atoms with E-state index in [0.717, 1.165) is 68.7 Å². The van der Waals surface area contributed by atoms with Crippen molar-refractivity contribution in [3.8, 4) is 5.75 Å². The first kappa shape index (κ1) is 20.6. The predicted molar refractivity (Wildman–Crippen MR) is 110 cm³/mol. The van der Waals surface area contributed by atoms with Gasteiger partial charge in [0.2, 0.25) is 0 Å². The Balaban J connectivity index is 1.62. The largest absolute Gasteiger partial charge is 0.483 e. The number of benzene rings is 1. The van der Waals surface area contributed by atoms with Gasteiger partial charge in [0.25, 0.3) is 11.8 Å². The Morgan fingerprint density at radius 2 is 1.61 bits per heavy atom. The molecule has 28 heavy (non-hydrogen) atoms. The Morgan fingerprint density at radius 1 is 1.00 bits per heavy atom. The molecule has 2 saturated heterocycles. The highest BCUT2D eigenvalue weighted by Gasteiger charge is 2.24. The van der Waals surface area contributed by atoms with Crippen molar-refractivity contribution in [3.63, 3.8) is 0 Å². The van der Waals surface area contributed by atoms with Crippen LogP contribution in [-0.2, 0) is 4.79 Å². The number of piperidine rings is 2. The number of nitrogens with zero attached hydrogens (tertiary/aromatic N) is 2. The average Bonchev–Trinajstić information content (AvgIpc) is 2.73. The highest BCUT2D eigenvalue weighted by atomic mass is 16.5. The summed E-state index contributed by atoms with van der Waals surface area (Å²) in [6, 6.07) is 4.28. The summed E-state index contributed by atoms with van der Waals surface area (Å²) in [4.78, 5) is 29.1. The summed E-state index contributed by atoms with van der Waals surface area (Å²) in [5.74, 6) is 0.846. The minimum Gasteiger partial charge on any atom is -0.483 e. The number of hydrogen-bond acceptors (Lipinski definition) is 4. The molecule has 0 radical (unpaired) electrons. The minimum atomic E-state index is 0.0473. The molecule has 2 heterocycles. The van der Waals surface area contributed by atoms with E-state index in [1.165, 1.54) is 6.42 Å². The van der Waals surface area contributed by atoms with Gasteiger partial charge < -0.3 is 19.9 Å². The molecule has 2 fully saturated rings. The van der Waals surface area contributed by atoms with Gasteiger partial charge in [-0.05, 0) is 76.3 Å². The summed E-state index contributed by atoms with van der Waals surface area (Å²) in [6.07, 6.45) is 5.32. The van der Waals surface area contributed by atoms with Crippen LogP contribution in [0.4, 0.5) is 0 Å². The summed E-state index contributed by atoms with van der Waals surface area (Å²) in [5.41, 5.74) is 2.51. The van der Waals surface area contributed by atoms with E-state index < -0.39 is 0 Å². The molecule has 0 bridgehead atoms. The van der Waals surface area contributed by atoms with Gasteiger partial charge in [-0.2, -0.15) is 0 Å². The lowest BCUT2D eigenvalue weighted by Gasteiger charge is -2.32. The molecule has 0 spiro atoms. The molecule has 1 N–H and O–H groups in total. The van der Waals surface area contributed by atoms with Crippen molar-refractivity contribution < 1.29 is 14.3 Å². The first-order valence-electron chi connectivity index (χ1n) is 10.5. The first-order valence-corrected chi connectivity index (χ1v) is 10.5. The lowest BCUT2D eigenvalue weighted by atomic mass is 10.0. The van der Waals surface area contributed by atoms with Gasteiger partial charge in [-0.3, -0.25) is 9.59 Å². The maximum atomic E-state index is 12.9. The molecule has 0 atom stereocenters. The molecule has 2 aliphatic rings. The molecule has 0 saturated carbocycles. The second-order valence-electron chi connectivity index (χ2n) is 8.02. The lowest BCUT2D eigenvalue weighted by Crippen LogP contribution is -2.44. The van der Waals surface area contributed by atoms with E-state index in [9.17, 15) is 9.59 Å². The number of rotatable bonds is 5. The number of ether oxygens (including phenoxy) is 1. The van der Waals surface area contributed by atoms with Gasteiger partial charge in [0, 0.05) is 37.8 Å². The zero-order chi connectivity index (χ0) is 20.1. The van der Waals surface area contributed by atoms with E-state index in [2.05, 4.69) is 5.32 Å². The molecule has 2 amide bonds. The smallest absolute Gasteiger partial charge is 0.260 e. The van der Waals surface area contributed by atoms with Crippen molar-refractivity contribution in [1.82, 2.24) is 15.1 Å². The number of aryl methyl sites for hydroxylation is 2. The third-order valence-electron chi connectivity index (χ3n) is 5.95. The molecule has 3 rings (SSSR count). The molecule has 154 valence electrons. The molecule has 6 nitrogen and oxygen atoms in total. The molecule has 0 aliphatic carbocycles. The highest BCUT2D eigenvalue weighted by molar-refractivity contribution is 5.95. The van der Waals surface area contributed by atoms with Crippen LogP contribution in [0.25, 0.3) is 0 Å². The van der Waals surface area contributed by atoms with Crippen LogP contribution in [0.5, 0.6) is 5.75 Å². The Bertz CT molecular complexity index is 682. The standard InChI is InChI=1S/C22H33N3O3/c1-16-13-18(22(27)25-11-7-19(23-3)8-12-25)14-17(2)21(16)28-15-20(26)24-9-5-4-6-10-24/h13-14,19,23H,4-12,15H2,1-3H3. The van der Waals surface area contributed by atoms with Crippen LogP contribution >= 0.6 is 0 Å². The van der Waals surface area contributed by atoms with Crippen molar-refractivity contribution in [3.05, 3.63) is 28.8 Å². The van der Waals surface area contributed by atoms with Gasteiger partial charge >= 0.3 is 0 Å². The molecule has 6 heteroatoms. The summed E-state index contributed by atoms with van der Waals surface area (Å²) in [7, 11) is 1.98. The molecule has 1 aromatic carbocycles. The van der Waals surface area contributed by atoms with Crippen LogP contribution in [-0.4, -0.2) is 67.5 Å². The zero-order valence-corrected chi connectivity index (χ0v) is 17.4. The average molecular weight is 388 g/mol. The molecular formula is C22H33N3O3. The van der Waals surface area contributed by atoms with Crippen molar-refractivity contribution in [2.24, 2.45) is 0 Å². The van der Waals surface area contributed by atoms with E-state index >= 15 is 0 Å². The van der Waals surface area contributed by atoms with Gasteiger partial charge in [0.15, 0.2) is 6.61 Å². The van der Waals surface area contributed by atoms with E-state index in [0.29, 0.717) is 11.6 Å². The fraction of sp³-hybridized carbons (Fsp3) is 0.636. The SMILES string of the molecule is CNC1CCN(C(=O)c2cc(C)c(OCC(=O)N3CCCCC3)c(C)c2)CC1. The Kier molecular flexibility index (Phi) is 6.94. The molecular weight excluding hydrogens is 354 g/mol. The van der Waals surface area contributed by atoms with Crippen molar-refractivity contribution in [2.75, 3.05) is 39.8 Å². The first-order chi connectivity index (χ1) is 13.5. The minimum absolute atomic E-state index is 0.0473. The van der Waals surface area contributed by atoms with Gasteiger partial charge in [-0.15, -0.1) is 0 Å². The van der Waals surface area contributed by atoms with Crippen LogP contribution in [0.2, 0.25) is 0 Å². The molecule has 0 aromatic heterocycles. The highest BCUT2D eigenvalue weighted by Crippen LogP contribution is 2.26. The number of amides is 2. The van der Waals surface area contributed by atoms with Gasteiger partial charge in [0.1, 0.15) is 5.75 Å². The van der Waals surface area contributed by atoms with Gasteiger partial charge in [-0.25, -0.2) is 0 Å². The summed E-state index contributed by atoms with van der Waals surface area (Å²) < 4.78 is 5.87. The van der Waals surface area contributed by atoms with E-state index in [1.54, 1.807) is 0 Å². The predicted octanol–water partition coefficient (Wildman–Crippen LogP) is 2.52. The van der Waals surface area contributed by atoms with Crippen LogP contribution in [0, 0.1) is 13.8 Å². The monoisotopic (exact) mass is 387 g/mol. The van der Waals surface area contributed by atoms with Crippen LogP contribution in [0.15, 0.2) is 12.1 Å². The topological polar surface area (TPSA) is 61.9 Å². The molecule has 1 aromatic rings. The van der Waals surface area contributed by atoms with Crippen LogP contribution < -0.4 is 10.1 Å². The normalized spacial score (nSPS) is 18.2. The van der Waals surface area contributed by atoms with Gasteiger partial charge in [0.05, 0.1) is 0 Å². The van der Waals surface area contributed by atoms with Crippen molar-refractivity contribution in [1.29, 1.82) is 0 Å². The number of carbonyl (C=O) groups excluding carboxylic acids is 2. The number of likely N-dealkylation sites (tertiary alicyclic amines) is 2. The second-order valence-corrected chi connectivity index (χ2v) is 8.02. The summed E-state index contributed by atoms with van der Waals surface area (Å²) in [5, 5.41) is 3.29. The number of nitrogens with one attached hydrogen (secondary N) is 1. The van der Waals surface area contributed by atoms with Crippen LogP contribution in [0.3, 0.4) is 0 Å². The fourth-order valence-electron chi connectivity index (χ4n) is 4.22. The third kappa shape index (κ3) is 4.85. The third-order valence-corrected chi connectivity index (χ3v) is 5.95.